The zero-order valence-corrected chi connectivity index (χ0v) is 16.9. The molecule has 0 spiro atoms. The highest BCUT2D eigenvalue weighted by molar-refractivity contribution is 9.10. The fourth-order valence-corrected chi connectivity index (χ4v) is 3.25. The third kappa shape index (κ3) is 4.89. The topological polar surface area (TPSA) is 58.2 Å². The van der Waals surface area contributed by atoms with Crippen molar-refractivity contribution < 1.29 is 9.59 Å². The Balaban J connectivity index is 1.80. The van der Waals surface area contributed by atoms with E-state index in [4.69, 9.17) is 23.2 Å². The summed E-state index contributed by atoms with van der Waals surface area (Å²) < 4.78 is 0.777. The Labute approximate surface area is 174 Å². The van der Waals surface area contributed by atoms with Crippen LogP contribution in [0.2, 0.25) is 10.0 Å². The summed E-state index contributed by atoms with van der Waals surface area (Å²) in [7, 11) is 0. The smallest absolute Gasteiger partial charge is 0.257 e. The van der Waals surface area contributed by atoms with Crippen molar-refractivity contribution in [2.75, 3.05) is 10.6 Å². The van der Waals surface area contributed by atoms with Gasteiger partial charge < -0.3 is 10.6 Å². The molecule has 2 N–H and O–H groups in total. The van der Waals surface area contributed by atoms with Gasteiger partial charge in [-0.1, -0.05) is 51.3 Å². The van der Waals surface area contributed by atoms with Gasteiger partial charge in [0.05, 0.1) is 22.0 Å². The Bertz CT molecular complexity index is 1010. The lowest BCUT2D eigenvalue weighted by Gasteiger charge is -2.13. The molecule has 0 aliphatic carbocycles. The van der Waals surface area contributed by atoms with E-state index in [2.05, 4.69) is 26.6 Å². The maximum atomic E-state index is 12.6. The predicted octanol–water partition coefficient (Wildman–Crippen LogP) is 6.26. The largest absolute Gasteiger partial charge is 0.320 e. The first-order chi connectivity index (χ1) is 12.9. The molecule has 27 heavy (non-hydrogen) atoms. The summed E-state index contributed by atoms with van der Waals surface area (Å²) in [5.74, 6) is -0.685. The number of hydrogen-bond donors (Lipinski definition) is 2. The Morgan fingerprint density at radius 3 is 1.96 bits per heavy atom. The van der Waals surface area contributed by atoms with Crippen LogP contribution in [0, 0.1) is 0 Å². The van der Waals surface area contributed by atoms with Crippen molar-refractivity contribution in [3.05, 3.63) is 92.4 Å². The second-order valence-electron chi connectivity index (χ2n) is 5.58. The van der Waals surface area contributed by atoms with Gasteiger partial charge in [0.15, 0.2) is 0 Å². The van der Waals surface area contributed by atoms with Gasteiger partial charge in [0, 0.05) is 15.1 Å². The van der Waals surface area contributed by atoms with Gasteiger partial charge >= 0.3 is 0 Å². The molecule has 0 aliphatic heterocycles. The molecule has 2 amide bonds. The molecule has 3 aromatic rings. The zero-order chi connectivity index (χ0) is 19.4. The molecule has 0 saturated heterocycles. The Kier molecular flexibility index (Phi) is 6.16. The minimum atomic E-state index is -0.374. The number of anilines is 2. The molecule has 136 valence electrons. The number of para-hydroxylation sites is 2. The van der Waals surface area contributed by atoms with Crippen molar-refractivity contribution in [2.45, 2.75) is 0 Å². The number of hydrogen-bond acceptors (Lipinski definition) is 2. The number of nitrogens with one attached hydrogen (secondary N) is 2. The van der Waals surface area contributed by atoms with Crippen LogP contribution in [-0.4, -0.2) is 11.8 Å². The monoisotopic (exact) mass is 462 g/mol. The molecule has 4 nitrogen and oxygen atoms in total. The lowest BCUT2D eigenvalue weighted by molar-refractivity contribution is 0.101. The molecule has 0 aliphatic rings. The second kappa shape index (κ2) is 8.57. The van der Waals surface area contributed by atoms with E-state index < -0.39 is 0 Å². The van der Waals surface area contributed by atoms with Crippen LogP contribution >= 0.6 is 39.1 Å². The van der Waals surface area contributed by atoms with Gasteiger partial charge in [-0.15, -0.1) is 0 Å². The summed E-state index contributed by atoms with van der Waals surface area (Å²) in [4.78, 5) is 25.0. The molecule has 0 radical (unpaired) electrons. The Morgan fingerprint density at radius 2 is 1.37 bits per heavy atom. The number of carbonyl (C=O) groups is 2. The molecular formula is C20H13BrCl2N2O2. The molecule has 0 saturated carbocycles. The maximum Gasteiger partial charge on any atom is 0.257 e. The van der Waals surface area contributed by atoms with E-state index >= 15 is 0 Å². The van der Waals surface area contributed by atoms with Crippen LogP contribution in [0.15, 0.2) is 71.2 Å². The third-order valence-electron chi connectivity index (χ3n) is 3.71. The SMILES string of the molecule is O=C(Nc1ccccc1NC(=O)c1ccc(Br)cc1Cl)c1ccc(Cl)cc1. The van der Waals surface area contributed by atoms with E-state index in [9.17, 15) is 9.59 Å². The minimum Gasteiger partial charge on any atom is -0.320 e. The maximum absolute atomic E-state index is 12.6. The highest BCUT2D eigenvalue weighted by atomic mass is 79.9. The minimum absolute atomic E-state index is 0.310. The van der Waals surface area contributed by atoms with E-state index in [0.717, 1.165) is 4.47 Å². The van der Waals surface area contributed by atoms with Gasteiger partial charge in [0.2, 0.25) is 0 Å². The average Bonchev–Trinajstić information content (AvgIpc) is 2.63. The number of halogens is 3. The van der Waals surface area contributed by atoms with Crippen LogP contribution in [0.1, 0.15) is 20.7 Å². The average molecular weight is 464 g/mol. The van der Waals surface area contributed by atoms with Crippen LogP contribution in [0.4, 0.5) is 11.4 Å². The molecule has 3 rings (SSSR count). The molecule has 0 bridgehead atoms. The Morgan fingerprint density at radius 1 is 0.778 bits per heavy atom. The van der Waals surface area contributed by atoms with Gasteiger partial charge in [-0.3, -0.25) is 9.59 Å². The molecule has 0 aromatic heterocycles. The molecule has 0 heterocycles. The van der Waals surface area contributed by atoms with Crippen molar-refractivity contribution in [2.24, 2.45) is 0 Å². The van der Waals surface area contributed by atoms with Crippen LogP contribution in [0.25, 0.3) is 0 Å². The van der Waals surface area contributed by atoms with Gasteiger partial charge in [0.25, 0.3) is 11.8 Å². The van der Waals surface area contributed by atoms with Crippen LogP contribution in [-0.2, 0) is 0 Å². The fourth-order valence-electron chi connectivity index (χ4n) is 2.36. The molecule has 7 heteroatoms. The quantitative estimate of drug-likeness (QED) is 0.479. The lowest BCUT2D eigenvalue weighted by Crippen LogP contribution is -2.17. The third-order valence-corrected chi connectivity index (χ3v) is 4.76. The number of amides is 2. The normalized spacial score (nSPS) is 10.3. The lowest BCUT2D eigenvalue weighted by atomic mass is 10.2. The number of carbonyl (C=O) groups excluding carboxylic acids is 2. The number of benzene rings is 3. The fraction of sp³-hybridized carbons (Fsp3) is 0. The number of rotatable bonds is 4. The molecule has 3 aromatic carbocycles. The van der Waals surface area contributed by atoms with Gasteiger partial charge in [-0.05, 0) is 54.6 Å². The van der Waals surface area contributed by atoms with Crippen LogP contribution < -0.4 is 10.6 Å². The van der Waals surface area contributed by atoms with E-state index in [0.29, 0.717) is 32.5 Å². The molecular weight excluding hydrogens is 451 g/mol. The van der Waals surface area contributed by atoms with E-state index in [-0.39, 0.29) is 11.8 Å². The van der Waals surface area contributed by atoms with Crippen molar-refractivity contribution >= 4 is 62.3 Å². The highest BCUT2D eigenvalue weighted by Crippen LogP contribution is 2.26. The molecule has 0 fully saturated rings. The van der Waals surface area contributed by atoms with Crippen LogP contribution in [0.5, 0.6) is 0 Å². The van der Waals surface area contributed by atoms with Gasteiger partial charge in [-0.2, -0.15) is 0 Å². The van der Waals surface area contributed by atoms with Gasteiger partial charge in [0.1, 0.15) is 0 Å². The first-order valence-corrected chi connectivity index (χ1v) is 9.41. The first-order valence-electron chi connectivity index (χ1n) is 7.86. The predicted molar refractivity (Wildman–Crippen MR) is 113 cm³/mol. The summed E-state index contributed by atoms with van der Waals surface area (Å²) in [6, 6.07) is 18.4. The van der Waals surface area contributed by atoms with E-state index in [1.807, 2.05) is 0 Å². The summed E-state index contributed by atoms with van der Waals surface area (Å²) in [5, 5.41) is 6.44. The second-order valence-corrected chi connectivity index (χ2v) is 7.34. The van der Waals surface area contributed by atoms with Crippen molar-refractivity contribution in [1.29, 1.82) is 0 Å². The van der Waals surface area contributed by atoms with Crippen molar-refractivity contribution in [1.82, 2.24) is 0 Å². The first kappa shape index (κ1) is 19.4. The van der Waals surface area contributed by atoms with Crippen molar-refractivity contribution in [3.63, 3.8) is 0 Å². The standard InChI is InChI=1S/C20H13BrCl2N2O2/c21-13-7-10-15(16(23)11-13)20(27)25-18-4-2-1-3-17(18)24-19(26)12-5-8-14(22)9-6-12/h1-11H,(H,24,26)(H,25,27). The van der Waals surface area contributed by atoms with Gasteiger partial charge in [-0.25, -0.2) is 0 Å². The van der Waals surface area contributed by atoms with E-state index in [1.165, 1.54) is 0 Å². The molecule has 0 unspecified atom stereocenters. The summed E-state index contributed by atoms with van der Waals surface area (Å²) in [5.41, 5.74) is 1.72. The summed E-state index contributed by atoms with van der Waals surface area (Å²) in [6.07, 6.45) is 0. The van der Waals surface area contributed by atoms with Crippen LogP contribution in [0.3, 0.4) is 0 Å². The molecule has 0 atom stereocenters. The Hall–Kier alpha value is -2.34. The summed E-state index contributed by atoms with van der Waals surface area (Å²) >= 11 is 15.3. The zero-order valence-electron chi connectivity index (χ0n) is 13.8. The summed E-state index contributed by atoms with van der Waals surface area (Å²) in [6.45, 7) is 0. The highest BCUT2D eigenvalue weighted by Gasteiger charge is 2.14. The van der Waals surface area contributed by atoms with E-state index in [1.54, 1.807) is 66.7 Å². The van der Waals surface area contributed by atoms with Crippen molar-refractivity contribution in [3.8, 4) is 0 Å².